The van der Waals surface area contributed by atoms with Crippen molar-refractivity contribution in [2.45, 2.75) is 10.8 Å². The van der Waals surface area contributed by atoms with Crippen LogP contribution in [-0.4, -0.2) is 7.11 Å². The van der Waals surface area contributed by atoms with E-state index < -0.39 is 5.92 Å². The van der Waals surface area contributed by atoms with Gasteiger partial charge in [0.1, 0.15) is 16.6 Å². The first-order chi connectivity index (χ1) is 12.7. The van der Waals surface area contributed by atoms with Gasteiger partial charge < -0.3 is 10.5 Å². The summed E-state index contributed by atoms with van der Waals surface area (Å²) in [6.45, 7) is 0. The minimum Gasteiger partial charge on any atom is -0.497 e. The topological polar surface area (TPSA) is 86.1 Å². The molecule has 0 saturated heterocycles. The quantitative estimate of drug-likeness (QED) is 0.878. The molecule has 0 amide bonds. The van der Waals surface area contributed by atoms with Gasteiger partial charge in [-0.25, -0.2) is 0 Å². The Morgan fingerprint density at radius 1 is 1.04 bits per heavy atom. The lowest BCUT2D eigenvalue weighted by Crippen LogP contribution is -2.32. The molecule has 0 saturated carbocycles. The van der Waals surface area contributed by atoms with Crippen molar-refractivity contribution < 1.29 is 4.74 Å². The van der Waals surface area contributed by atoms with Crippen LogP contribution in [0, 0.1) is 22.7 Å². The molecule has 0 bridgehead atoms. The van der Waals surface area contributed by atoms with Crippen LogP contribution in [0.2, 0.25) is 0 Å². The first kappa shape index (κ1) is 16.1. The smallest absolute Gasteiger partial charge is 0.123 e. The van der Waals surface area contributed by atoms with Gasteiger partial charge in [-0.15, -0.1) is 0 Å². The molecule has 2 aromatic rings. The van der Waals surface area contributed by atoms with Crippen molar-refractivity contribution in [2.75, 3.05) is 12.0 Å². The number of methoxy groups -OCH3 is 1. The van der Waals surface area contributed by atoms with E-state index >= 15 is 0 Å². The minimum atomic E-state index is -0.482. The number of para-hydroxylation sites is 1. The third-order valence-electron chi connectivity index (χ3n) is 4.53. The molecule has 6 heteroatoms. The Bertz CT molecular complexity index is 1040. The highest BCUT2D eigenvalue weighted by Crippen LogP contribution is 2.54. The molecule has 1 atom stereocenters. The zero-order valence-corrected chi connectivity index (χ0v) is 14.7. The number of hydrogen-bond donors (Lipinski definition) is 1. The Balaban J connectivity index is 1.92. The molecule has 2 aliphatic rings. The summed E-state index contributed by atoms with van der Waals surface area (Å²) in [7, 11) is 1.60. The molecule has 0 radical (unpaired) electrons. The van der Waals surface area contributed by atoms with Gasteiger partial charge in [0.2, 0.25) is 0 Å². The monoisotopic (exact) mass is 358 g/mol. The SMILES string of the molecule is COc1ccc([C@H]2C(C#N)=C(N)N3C(=C2C#N)Sc2ccccc23)cc1. The number of anilines is 1. The molecule has 5 nitrogen and oxygen atoms in total. The van der Waals surface area contributed by atoms with Gasteiger partial charge in [0.15, 0.2) is 0 Å². The second kappa shape index (κ2) is 6.18. The average Bonchev–Trinajstić information content (AvgIpc) is 3.07. The molecule has 2 aromatic carbocycles. The molecule has 4 rings (SSSR count). The molecule has 2 heterocycles. The van der Waals surface area contributed by atoms with Crippen molar-refractivity contribution in [1.82, 2.24) is 0 Å². The highest BCUT2D eigenvalue weighted by Gasteiger charge is 2.40. The van der Waals surface area contributed by atoms with Gasteiger partial charge in [-0.2, -0.15) is 10.5 Å². The fourth-order valence-corrected chi connectivity index (χ4v) is 4.48. The van der Waals surface area contributed by atoms with E-state index in [-0.39, 0.29) is 0 Å². The van der Waals surface area contributed by atoms with Gasteiger partial charge in [0, 0.05) is 4.90 Å². The third kappa shape index (κ3) is 2.24. The number of benzene rings is 2. The number of nitrogens with zero attached hydrogens (tertiary/aromatic N) is 3. The van der Waals surface area contributed by atoms with Crippen molar-refractivity contribution in [3.63, 3.8) is 0 Å². The summed E-state index contributed by atoms with van der Waals surface area (Å²) in [6, 6.07) is 19.7. The normalized spacial score (nSPS) is 18.1. The number of allylic oxidation sites excluding steroid dienone is 2. The second-order valence-electron chi connectivity index (χ2n) is 5.85. The number of nitrogens with two attached hydrogens (primary N) is 1. The summed E-state index contributed by atoms with van der Waals surface area (Å²) in [5, 5.41) is 20.5. The summed E-state index contributed by atoms with van der Waals surface area (Å²) >= 11 is 1.51. The maximum atomic E-state index is 9.90. The number of ether oxygens (including phenoxy) is 1. The predicted octanol–water partition coefficient (Wildman–Crippen LogP) is 3.83. The molecule has 26 heavy (non-hydrogen) atoms. The summed E-state index contributed by atoms with van der Waals surface area (Å²) in [4.78, 5) is 2.84. The summed E-state index contributed by atoms with van der Waals surface area (Å²) in [5.41, 5.74) is 9.04. The Morgan fingerprint density at radius 3 is 2.38 bits per heavy atom. The fraction of sp³-hybridized carbons (Fsp3) is 0.100. The lowest BCUT2D eigenvalue weighted by atomic mass is 9.83. The Kier molecular flexibility index (Phi) is 3.84. The molecular formula is C20H14N4OS. The van der Waals surface area contributed by atoms with E-state index in [1.807, 2.05) is 53.4 Å². The molecule has 2 aliphatic heterocycles. The second-order valence-corrected chi connectivity index (χ2v) is 6.88. The molecule has 126 valence electrons. The van der Waals surface area contributed by atoms with Crippen molar-refractivity contribution in [3.8, 4) is 17.9 Å². The molecule has 0 spiro atoms. The van der Waals surface area contributed by atoms with Gasteiger partial charge in [-0.3, -0.25) is 4.90 Å². The number of hydrogen-bond acceptors (Lipinski definition) is 6. The van der Waals surface area contributed by atoms with Gasteiger partial charge >= 0.3 is 0 Å². The average molecular weight is 358 g/mol. The predicted molar refractivity (Wildman–Crippen MR) is 100.0 cm³/mol. The Morgan fingerprint density at radius 2 is 1.73 bits per heavy atom. The Hall–Kier alpha value is -3.35. The number of rotatable bonds is 2. The fourth-order valence-electron chi connectivity index (χ4n) is 3.30. The molecule has 0 fully saturated rings. The van der Waals surface area contributed by atoms with Crippen LogP contribution in [0.15, 0.2) is 75.4 Å². The van der Waals surface area contributed by atoms with Crippen LogP contribution in [0.5, 0.6) is 5.75 Å². The molecule has 0 unspecified atom stereocenters. The zero-order valence-electron chi connectivity index (χ0n) is 13.9. The van der Waals surface area contributed by atoms with Gasteiger partial charge in [0.05, 0.1) is 42.0 Å². The van der Waals surface area contributed by atoms with Crippen LogP contribution < -0.4 is 15.4 Å². The Labute approximate surface area is 155 Å². The molecule has 2 N–H and O–H groups in total. The van der Waals surface area contributed by atoms with Crippen molar-refractivity contribution in [1.29, 1.82) is 10.5 Å². The summed E-state index contributed by atoms with van der Waals surface area (Å²) < 4.78 is 5.20. The van der Waals surface area contributed by atoms with E-state index in [1.54, 1.807) is 7.11 Å². The van der Waals surface area contributed by atoms with Crippen molar-refractivity contribution in [2.24, 2.45) is 5.73 Å². The van der Waals surface area contributed by atoms with Crippen LogP contribution in [0.3, 0.4) is 0 Å². The van der Waals surface area contributed by atoms with E-state index in [0.717, 1.165) is 26.9 Å². The molecule has 0 aromatic heterocycles. The van der Waals surface area contributed by atoms with E-state index in [4.69, 9.17) is 10.5 Å². The number of nitriles is 2. The van der Waals surface area contributed by atoms with Crippen molar-refractivity contribution in [3.05, 3.63) is 76.1 Å². The van der Waals surface area contributed by atoms with Crippen LogP contribution in [0.25, 0.3) is 0 Å². The van der Waals surface area contributed by atoms with Crippen LogP contribution in [-0.2, 0) is 0 Å². The maximum Gasteiger partial charge on any atom is 0.123 e. The van der Waals surface area contributed by atoms with E-state index in [9.17, 15) is 10.5 Å². The highest BCUT2D eigenvalue weighted by molar-refractivity contribution is 8.03. The largest absolute Gasteiger partial charge is 0.497 e. The molecular weight excluding hydrogens is 344 g/mol. The first-order valence-electron chi connectivity index (χ1n) is 7.94. The standard InChI is InChI=1S/C20H14N4OS/c1-25-13-8-6-12(7-9-13)18-14(10-21)19(23)24-16-4-2-3-5-17(16)26-20(24)15(18)11-22/h2-9,18H,23H2,1H3/t18-/m0/s1. The first-order valence-corrected chi connectivity index (χ1v) is 8.76. The van der Waals surface area contributed by atoms with E-state index in [2.05, 4.69) is 12.1 Å². The lowest BCUT2D eigenvalue weighted by Gasteiger charge is -2.31. The minimum absolute atomic E-state index is 0.375. The third-order valence-corrected chi connectivity index (χ3v) is 5.69. The van der Waals surface area contributed by atoms with Gasteiger partial charge in [-0.1, -0.05) is 36.0 Å². The summed E-state index contributed by atoms with van der Waals surface area (Å²) in [6.07, 6.45) is 0. The van der Waals surface area contributed by atoms with E-state index in [1.165, 1.54) is 11.8 Å². The lowest BCUT2D eigenvalue weighted by molar-refractivity contribution is 0.414. The van der Waals surface area contributed by atoms with Gasteiger partial charge in [-0.05, 0) is 29.8 Å². The van der Waals surface area contributed by atoms with E-state index in [0.29, 0.717) is 17.0 Å². The van der Waals surface area contributed by atoms with Crippen molar-refractivity contribution >= 4 is 17.4 Å². The summed E-state index contributed by atoms with van der Waals surface area (Å²) in [5.74, 6) is 0.610. The van der Waals surface area contributed by atoms with Gasteiger partial charge in [0.25, 0.3) is 0 Å². The number of fused-ring (bicyclic) bond motifs is 3. The van der Waals surface area contributed by atoms with Crippen LogP contribution >= 0.6 is 11.8 Å². The van der Waals surface area contributed by atoms with Crippen LogP contribution in [0.4, 0.5) is 5.69 Å². The molecule has 0 aliphatic carbocycles. The number of thioether (sulfide) groups is 1. The maximum absolute atomic E-state index is 9.90. The highest BCUT2D eigenvalue weighted by atomic mass is 32.2. The van der Waals surface area contributed by atoms with Crippen LogP contribution in [0.1, 0.15) is 11.5 Å². The zero-order chi connectivity index (χ0) is 18.3.